The van der Waals surface area contributed by atoms with Gasteiger partial charge in [-0.05, 0) is 11.4 Å². The minimum Gasteiger partial charge on any atom is -0.481 e. The number of piperazine rings is 1. The highest BCUT2D eigenvalue weighted by Gasteiger charge is 2.24. The van der Waals surface area contributed by atoms with Crippen LogP contribution in [0, 0.1) is 0 Å². The summed E-state index contributed by atoms with van der Waals surface area (Å²) in [5.74, 6) is 1.31. The summed E-state index contributed by atoms with van der Waals surface area (Å²) in [5.41, 5.74) is 0. The van der Waals surface area contributed by atoms with Crippen LogP contribution in [0.15, 0.2) is 29.8 Å². The summed E-state index contributed by atoms with van der Waals surface area (Å²) < 4.78 is 11.6. The normalized spacial score (nSPS) is 14.0. The van der Waals surface area contributed by atoms with E-state index in [1.165, 1.54) is 11.3 Å². The van der Waals surface area contributed by atoms with Gasteiger partial charge in [-0.15, -0.1) is 11.3 Å². The van der Waals surface area contributed by atoms with Gasteiger partial charge in [-0.1, -0.05) is 6.07 Å². The maximum Gasteiger partial charge on any atom is 0.264 e. The summed E-state index contributed by atoms with van der Waals surface area (Å²) in [6.07, 6.45) is 1.68. The molecule has 0 aliphatic carbocycles. The summed E-state index contributed by atoms with van der Waals surface area (Å²) in [5, 5.41) is 1.92. The molecular weight excluding hydrogens is 340 g/mol. The van der Waals surface area contributed by atoms with Gasteiger partial charge in [0.25, 0.3) is 5.91 Å². The second-order valence-electron chi connectivity index (χ2n) is 4.66. The van der Waals surface area contributed by atoms with E-state index in [4.69, 9.17) is 9.40 Å². The Balaban J connectivity index is 0.000000924. The van der Waals surface area contributed by atoms with Crippen LogP contribution >= 0.6 is 23.2 Å². The van der Waals surface area contributed by atoms with Crippen LogP contribution in [0.4, 0.5) is 5.95 Å². The van der Waals surface area contributed by atoms with Gasteiger partial charge in [0.2, 0.25) is 11.8 Å². The van der Waals surface area contributed by atoms with Crippen molar-refractivity contribution >= 4 is 35.1 Å². The number of carbonyl (C=O) groups is 1. The highest BCUT2D eigenvalue weighted by atomic mass is 35.5. The van der Waals surface area contributed by atoms with Gasteiger partial charge in [0, 0.05) is 38.4 Å². The monoisotopic (exact) mass is 356 g/mol. The lowest BCUT2D eigenvalue weighted by Gasteiger charge is -2.34. The summed E-state index contributed by atoms with van der Waals surface area (Å²) >= 11 is 5.12. The first kappa shape index (κ1) is 17.5. The molecule has 23 heavy (non-hydrogen) atoms. The Bertz CT molecular complexity index is 618. The van der Waals surface area contributed by atoms with Crippen LogP contribution in [-0.4, -0.2) is 58.7 Å². The van der Waals surface area contributed by atoms with Gasteiger partial charge >= 0.3 is 0 Å². The first-order valence-electron chi connectivity index (χ1n) is 6.89. The molecule has 1 aliphatic rings. The molecule has 3 heterocycles. The zero-order valence-electron chi connectivity index (χ0n) is 12.6. The third-order valence-electron chi connectivity index (χ3n) is 3.41. The van der Waals surface area contributed by atoms with E-state index >= 15 is 0 Å². The van der Waals surface area contributed by atoms with E-state index in [-0.39, 0.29) is 5.91 Å². The molecule has 2 aromatic heterocycles. The van der Waals surface area contributed by atoms with Crippen molar-refractivity contribution in [1.82, 2.24) is 14.9 Å². The van der Waals surface area contributed by atoms with E-state index in [1.54, 1.807) is 19.4 Å². The molecule has 1 N–H and O–H groups in total. The van der Waals surface area contributed by atoms with Gasteiger partial charge in [0.1, 0.15) is 0 Å². The fourth-order valence-electron chi connectivity index (χ4n) is 2.26. The number of thiophene rings is 1. The highest BCUT2D eigenvalue weighted by molar-refractivity contribution is 7.12. The van der Waals surface area contributed by atoms with Crippen LogP contribution in [0.25, 0.3) is 0 Å². The third kappa shape index (κ3) is 4.31. The molecule has 7 nitrogen and oxygen atoms in total. The quantitative estimate of drug-likeness (QED) is 0.900. The molecule has 0 unspecified atom stereocenters. The van der Waals surface area contributed by atoms with Crippen LogP contribution in [0.5, 0.6) is 5.88 Å². The Morgan fingerprint density at radius 1 is 1.30 bits per heavy atom. The van der Waals surface area contributed by atoms with Crippen molar-refractivity contribution in [3.8, 4) is 5.88 Å². The average molecular weight is 357 g/mol. The van der Waals surface area contributed by atoms with Gasteiger partial charge in [-0.3, -0.25) is 9.45 Å². The Morgan fingerprint density at radius 2 is 2.04 bits per heavy atom. The fourth-order valence-corrected chi connectivity index (χ4v) is 2.95. The Labute approximate surface area is 143 Å². The van der Waals surface area contributed by atoms with Crippen molar-refractivity contribution < 1.29 is 14.2 Å². The second kappa shape index (κ2) is 8.66. The van der Waals surface area contributed by atoms with E-state index in [1.807, 2.05) is 22.4 Å². The number of hydrogen-bond acceptors (Lipinski definition) is 7. The molecule has 124 valence electrons. The largest absolute Gasteiger partial charge is 0.481 e. The number of carbonyl (C=O) groups excluding carboxylic acids is 1. The van der Waals surface area contributed by atoms with Crippen molar-refractivity contribution in [2.45, 2.75) is 0 Å². The minimum atomic E-state index is 0.108. The number of halogens is 1. The van der Waals surface area contributed by atoms with Gasteiger partial charge in [0.05, 0.1) is 23.9 Å². The van der Waals surface area contributed by atoms with E-state index in [0.717, 1.165) is 18.0 Å². The standard InChI is InChI=1S/C14H16N4O2S.ClHO/c1-20-12-4-5-15-14(16-12)18-8-6-17(7-9-18)13(19)11-3-2-10-21-11;1-2/h2-5,10H,6-9H2,1H3;2H. The van der Waals surface area contributed by atoms with Gasteiger partial charge < -0.3 is 14.5 Å². The lowest BCUT2D eigenvalue weighted by Crippen LogP contribution is -2.49. The number of methoxy groups -OCH3 is 1. The van der Waals surface area contributed by atoms with Crippen molar-refractivity contribution in [3.05, 3.63) is 34.7 Å². The molecule has 1 fully saturated rings. The average Bonchev–Trinajstić information content (AvgIpc) is 3.18. The zero-order valence-corrected chi connectivity index (χ0v) is 14.1. The Kier molecular flexibility index (Phi) is 6.57. The molecular formula is C14H17ClN4O3S. The maximum absolute atomic E-state index is 12.3. The van der Waals surface area contributed by atoms with Gasteiger partial charge in [-0.25, -0.2) is 4.98 Å². The summed E-state index contributed by atoms with van der Waals surface area (Å²) in [4.78, 5) is 25.6. The third-order valence-corrected chi connectivity index (χ3v) is 4.27. The van der Waals surface area contributed by atoms with Gasteiger partial charge in [0.15, 0.2) is 0 Å². The molecule has 1 saturated heterocycles. The smallest absolute Gasteiger partial charge is 0.264 e. The lowest BCUT2D eigenvalue weighted by molar-refractivity contribution is 0.0751. The van der Waals surface area contributed by atoms with Crippen molar-refractivity contribution in [1.29, 1.82) is 0 Å². The van der Waals surface area contributed by atoms with Crippen LogP contribution < -0.4 is 9.64 Å². The molecule has 0 aromatic carbocycles. The topological polar surface area (TPSA) is 78.8 Å². The second-order valence-corrected chi connectivity index (χ2v) is 5.60. The first-order chi connectivity index (χ1) is 11.3. The van der Waals surface area contributed by atoms with E-state index < -0.39 is 0 Å². The van der Waals surface area contributed by atoms with Crippen molar-refractivity contribution in [3.63, 3.8) is 0 Å². The molecule has 1 aliphatic heterocycles. The molecule has 2 aromatic rings. The zero-order chi connectivity index (χ0) is 16.7. The number of rotatable bonds is 3. The summed E-state index contributed by atoms with van der Waals surface area (Å²) in [6, 6.07) is 5.49. The number of ether oxygens (including phenoxy) is 1. The number of amides is 1. The van der Waals surface area contributed by atoms with E-state index in [9.17, 15) is 4.79 Å². The number of hydrogen-bond donors (Lipinski definition) is 1. The fraction of sp³-hybridized carbons (Fsp3) is 0.357. The lowest BCUT2D eigenvalue weighted by atomic mass is 10.3. The van der Waals surface area contributed by atoms with E-state index in [0.29, 0.717) is 24.9 Å². The molecule has 0 spiro atoms. The predicted molar refractivity (Wildman–Crippen MR) is 89.1 cm³/mol. The Hall–Kier alpha value is -1.90. The maximum atomic E-state index is 12.3. The van der Waals surface area contributed by atoms with E-state index in [2.05, 4.69) is 26.7 Å². The predicted octanol–water partition coefficient (Wildman–Crippen LogP) is 1.64. The molecule has 3 rings (SSSR count). The molecule has 0 radical (unpaired) electrons. The number of aromatic nitrogens is 2. The summed E-state index contributed by atoms with van der Waals surface area (Å²) in [7, 11) is 1.59. The SMILES string of the molecule is COc1ccnc(N2CCN(C(=O)c3cccs3)CC2)n1.OCl. The summed E-state index contributed by atoms with van der Waals surface area (Å²) in [6.45, 7) is 2.81. The van der Waals surface area contributed by atoms with Crippen LogP contribution in [-0.2, 0) is 0 Å². The minimum absolute atomic E-state index is 0.108. The molecule has 0 atom stereocenters. The first-order valence-corrected chi connectivity index (χ1v) is 8.11. The van der Waals surface area contributed by atoms with Gasteiger partial charge in [-0.2, -0.15) is 4.98 Å². The number of anilines is 1. The number of nitrogens with zero attached hydrogens (tertiary/aromatic N) is 4. The molecule has 9 heteroatoms. The van der Waals surface area contributed by atoms with Crippen LogP contribution in [0.3, 0.4) is 0 Å². The Morgan fingerprint density at radius 3 is 2.65 bits per heavy atom. The highest BCUT2D eigenvalue weighted by Crippen LogP contribution is 2.17. The van der Waals surface area contributed by atoms with Crippen LogP contribution in [0.1, 0.15) is 9.67 Å². The van der Waals surface area contributed by atoms with Crippen molar-refractivity contribution in [2.75, 3.05) is 38.2 Å². The van der Waals surface area contributed by atoms with Crippen molar-refractivity contribution in [2.24, 2.45) is 0 Å². The molecule has 0 saturated carbocycles. The molecule has 1 amide bonds. The van der Waals surface area contributed by atoms with Crippen LogP contribution in [0.2, 0.25) is 0 Å². The molecule has 0 bridgehead atoms.